The highest BCUT2D eigenvalue weighted by molar-refractivity contribution is 6.32. The quantitative estimate of drug-likeness (QED) is 0.645. The van der Waals surface area contributed by atoms with Gasteiger partial charge in [-0.2, -0.15) is 5.10 Å². The van der Waals surface area contributed by atoms with Gasteiger partial charge in [0.05, 0.1) is 25.0 Å². The molecule has 1 amide bonds. The van der Waals surface area contributed by atoms with Crippen molar-refractivity contribution in [3.63, 3.8) is 0 Å². The summed E-state index contributed by atoms with van der Waals surface area (Å²) in [5.74, 6) is 0.810. The molecule has 0 bridgehead atoms. The van der Waals surface area contributed by atoms with Crippen molar-refractivity contribution in [3.05, 3.63) is 22.7 Å². The first-order valence-corrected chi connectivity index (χ1v) is 6.26. The molecule has 1 aromatic rings. The molecule has 0 aliphatic rings. The number of nitrogens with one attached hydrogen (secondary N) is 1. The van der Waals surface area contributed by atoms with Crippen LogP contribution in [0.4, 0.5) is 0 Å². The number of hydrogen-bond donors (Lipinski definition) is 1. The number of ether oxygens (including phenoxy) is 2. The van der Waals surface area contributed by atoms with Gasteiger partial charge in [0.2, 0.25) is 5.91 Å². The van der Waals surface area contributed by atoms with Crippen LogP contribution in [0.3, 0.4) is 0 Å². The number of halogens is 1. The predicted molar refractivity (Wildman–Crippen MR) is 75.2 cm³/mol. The average molecular weight is 285 g/mol. The van der Waals surface area contributed by atoms with Crippen molar-refractivity contribution in [1.82, 2.24) is 5.43 Å². The molecule has 0 radical (unpaired) electrons. The Bertz CT molecular complexity index is 475. The van der Waals surface area contributed by atoms with Crippen LogP contribution in [0.2, 0.25) is 5.02 Å². The molecule has 0 aliphatic heterocycles. The molecule has 0 fully saturated rings. The molecule has 0 saturated carbocycles. The maximum atomic E-state index is 10.7. The zero-order chi connectivity index (χ0) is 14.3. The molecule has 0 heterocycles. The van der Waals surface area contributed by atoms with Crippen LogP contribution in [0.15, 0.2) is 17.2 Å². The second kappa shape index (κ2) is 7.63. The van der Waals surface area contributed by atoms with Gasteiger partial charge < -0.3 is 9.47 Å². The van der Waals surface area contributed by atoms with Crippen LogP contribution in [-0.4, -0.2) is 25.8 Å². The maximum Gasteiger partial charge on any atom is 0.236 e. The number of benzene rings is 1. The minimum absolute atomic E-state index is 0.239. The summed E-state index contributed by atoms with van der Waals surface area (Å²) in [4.78, 5) is 10.7. The lowest BCUT2D eigenvalue weighted by molar-refractivity contribution is -0.118. The number of nitrogens with zero attached hydrogens (tertiary/aromatic N) is 1. The van der Waals surface area contributed by atoms with Crippen molar-refractivity contribution in [2.75, 3.05) is 13.7 Å². The molecule has 0 saturated heterocycles. The first kappa shape index (κ1) is 15.3. The first-order chi connectivity index (χ1) is 9.08. The van der Waals surface area contributed by atoms with Gasteiger partial charge in [0.1, 0.15) is 0 Å². The van der Waals surface area contributed by atoms with Gasteiger partial charge in [0.15, 0.2) is 11.5 Å². The van der Waals surface area contributed by atoms with Crippen molar-refractivity contribution in [3.8, 4) is 11.5 Å². The van der Waals surface area contributed by atoms with Crippen molar-refractivity contribution in [1.29, 1.82) is 0 Å². The fourth-order valence-corrected chi connectivity index (χ4v) is 1.63. The fourth-order valence-electron chi connectivity index (χ4n) is 1.36. The van der Waals surface area contributed by atoms with Crippen LogP contribution in [0, 0.1) is 0 Å². The summed E-state index contributed by atoms with van der Waals surface area (Å²) in [5.41, 5.74) is 3.02. The van der Waals surface area contributed by atoms with Gasteiger partial charge in [-0.05, 0) is 24.1 Å². The zero-order valence-corrected chi connectivity index (χ0v) is 12.0. The summed E-state index contributed by atoms with van der Waals surface area (Å²) < 4.78 is 10.8. The molecule has 0 atom stereocenters. The van der Waals surface area contributed by atoms with Gasteiger partial charge in [-0.15, -0.1) is 0 Å². The van der Waals surface area contributed by atoms with Crippen LogP contribution >= 0.6 is 11.6 Å². The van der Waals surface area contributed by atoms with Crippen LogP contribution in [-0.2, 0) is 4.79 Å². The highest BCUT2D eigenvalue weighted by Crippen LogP contribution is 2.36. The number of methoxy groups -OCH3 is 1. The third-order valence-electron chi connectivity index (χ3n) is 2.14. The molecular formula is C13H17ClN2O3. The Morgan fingerprint density at radius 1 is 1.53 bits per heavy atom. The van der Waals surface area contributed by atoms with Crippen molar-refractivity contribution < 1.29 is 14.3 Å². The molecule has 5 nitrogen and oxygen atoms in total. The number of rotatable bonds is 6. The Hall–Kier alpha value is -1.75. The van der Waals surface area contributed by atoms with Crippen molar-refractivity contribution >= 4 is 23.7 Å². The highest BCUT2D eigenvalue weighted by atomic mass is 35.5. The molecule has 0 aliphatic carbocycles. The molecule has 0 unspecified atom stereocenters. The molecule has 1 aromatic carbocycles. The lowest BCUT2D eigenvalue weighted by atomic mass is 10.2. The van der Waals surface area contributed by atoms with E-state index in [1.807, 2.05) is 6.92 Å². The van der Waals surface area contributed by atoms with Crippen LogP contribution in [0.1, 0.15) is 25.8 Å². The Balaban J connectivity index is 2.95. The largest absolute Gasteiger partial charge is 0.493 e. The molecule has 0 aromatic heterocycles. The van der Waals surface area contributed by atoms with E-state index >= 15 is 0 Å². The second-order valence-electron chi connectivity index (χ2n) is 3.81. The van der Waals surface area contributed by atoms with E-state index in [1.54, 1.807) is 19.2 Å². The number of hydrazone groups is 1. The fraction of sp³-hybridized carbons (Fsp3) is 0.385. The Morgan fingerprint density at radius 3 is 2.84 bits per heavy atom. The number of amides is 1. The van der Waals surface area contributed by atoms with Crippen LogP contribution in [0.25, 0.3) is 0 Å². The van der Waals surface area contributed by atoms with E-state index < -0.39 is 0 Å². The number of hydrogen-bond acceptors (Lipinski definition) is 4. The lowest BCUT2D eigenvalue weighted by Gasteiger charge is -2.12. The van der Waals surface area contributed by atoms with Crippen LogP contribution < -0.4 is 14.9 Å². The predicted octanol–water partition coefficient (Wildman–Crippen LogP) is 2.61. The van der Waals surface area contributed by atoms with E-state index in [0.29, 0.717) is 28.7 Å². The second-order valence-corrected chi connectivity index (χ2v) is 4.22. The topological polar surface area (TPSA) is 59.9 Å². The van der Waals surface area contributed by atoms with E-state index in [-0.39, 0.29) is 5.91 Å². The van der Waals surface area contributed by atoms with Gasteiger partial charge in [-0.3, -0.25) is 4.79 Å². The minimum atomic E-state index is -0.239. The smallest absolute Gasteiger partial charge is 0.236 e. The summed E-state index contributed by atoms with van der Waals surface area (Å²) in [6, 6.07) is 3.43. The van der Waals surface area contributed by atoms with Crippen molar-refractivity contribution in [2.45, 2.75) is 20.3 Å². The SMILES string of the molecule is CCCOc1c(Cl)cc(/C=N\NC(C)=O)cc1OC. The normalized spacial score (nSPS) is 10.5. The molecule has 0 spiro atoms. The molecule has 6 heteroatoms. The summed E-state index contributed by atoms with van der Waals surface area (Å²) in [6.45, 7) is 3.96. The van der Waals surface area contributed by atoms with E-state index in [0.717, 1.165) is 6.42 Å². The molecular weight excluding hydrogens is 268 g/mol. The van der Waals surface area contributed by atoms with Crippen LogP contribution in [0.5, 0.6) is 11.5 Å². The Morgan fingerprint density at radius 2 is 2.26 bits per heavy atom. The summed E-state index contributed by atoms with van der Waals surface area (Å²) in [7, 11) is 1.54. The van der Waals surface area contributed by atoms with E-state index in [1.165, 1.54) is 13.1 Å². The zero-order valence-electron chi connectivity index (χ0n) is 11.2. The number of carbonyl (C=O) groups excluding carboxylic acids is 1. The van der Waals surface area contributed by atoms with Gasteiger partial charge in [-0.1, -0.05) is 18.5 Å². The molecule has 19 heavy (non-hydrogen) atoms. The van der Waals surface area contributed by atoms with E-state index in [4.69, 9.17) is 21.1 Å². The van der Waals surface area contributed by atoms with Gasteiger partial charge >= 0.3 is 0 Å². The third kappa shape index (κ3) is 4.79. The van der Waals surface area contributed by atoms with Crippen molar-refractivity contribution in [2.24, 2.45) is 5.10 Å². The van der Waals surface area contributed by atoms with E-state index in [2.05, 4.69) is 10.5 Å². The lowest BCUT2D eigenvalue weighted by Crippen LogP contribution is -2.12. The first-order valence-electron chi connectivity index (χ1n) is 5.88. The Kier molecular flexibility index (Phi) is 6.15. The third-order valence-corrected chi connectivity index (χ3v) is 2.42. The van der Waals surface area contributed by atoms with E-state index in [9.17, 15) is 4.79 Å². The average Bonchev–Trinajstić information content (AvgIpc) is 2.36. The number of carbonyl (C=O) groups is 1. The summed E-state index contributed by atoms with van der Waals surface area (Å²) in [6.07, 6.45) is 2.37. The molecule has 1 N–H and O–H groups in total. The summed E-state index contributed by atoms with van der Waals surface area (Å²) >= 11 is 6.14. The highest BCUT2D eigenvalue weighted by Gasteiger charge is 2.11. The molecule has 1 rings (SSSR count). The molecule has 104 valence electrons. The van der Waals surface area contributed by atoms with Gasteiger partial charge in [0.25, 0.3) is 0 Å². The Labute approximate surface area is 117 Å². The maximum absolute atomic E-state index is 10.7. The van der Waals surface area contributed by atoms with Gasteiger partial charge in [0, 0.05) is 6.92 Å². The summed E-state index contributed by atoms with van der Waals surface area (Å²) in [5, 5.41) is 4.21. The monoisotopic (exact) mass is 284 g/mol. The van der Waals surface area contributed by atoms with Gasteiger partial charge in [-0.25, -0.2) is 5.43 Å². The minimum Gasteiger partial charge on any atom is -0.493 e. The standard InChI is InChI=1S/C13H17ClN2O3/c1-4-5-19-13-11(14)6-10(7-12(13)18-3)8-15-16-9(2)17/h6-8H,4-5H2,1-3H3,(H,16,17)/b15-8-.